The fraction of sp³-hybridized carbons (Fsp3) is 0.867. The smallest absolute Gasteiger partial charge is 0.223 e. The van der Waals surface area contributed by atoms with Crippen LogP contribution >= 0.6 is 12.2 Å². The van der Waals surface area contributed by atoms with E-state index in [1.54, 1.807) is 0 Å². The van der Waals surface area contributed by atoms with Crippen LogP contribution in [-0.4, -0.2) is 16.4 Å². The first-order valence-electron chi connectivity index (χ1n) is 7.60. The highest BCUT2D eigenvalue weighted by Gasteiger charge is 2.41. The fourth-order valence-electron chi connectivity index (χ4n) is 3.17. The topological polar surface area (TPSA) is 55.1 Å². The lowest BCUT2D eigenvalue weighted by molar-refractivity contribution is -0.126. The van der Waals surface area contributed by atoms with E-state index in [0.29, 0.717) is 10.9 Å². The van der Waals surface area contributed by atoms with Crippen molar-refractivity contribution in [2.45, 2.75) is 64.3 Å². The predicted octanol–water partition coefficient (Wildman–Crippen LogP) is 2.77. The summed E-state index contributed by atoms with van der Waals surface area (Å²) in [7, 11) is 0. The van der Waals surface area contributed by atoms with Crippen molar-refractivity contribution >= 4 is 23.1 Å². The molecule has 2 saturated carbocycles. The van der Waals surface area contributed by atoms with Crippen LogP contribution in [0.4, 0.5) is 0 Å². The first kappa shape index (κ1) is 14.8. The second kappa shape index (κ2) is 5.78. The first-order chi connectivity index (χ1) is 8.98. The van der Waals surface area contributed by atoms with Crippen molar-refractivity contribution in [1.29, 1.82) is 0 Å². The molecule has 0 aromatic rings. The van der Waals surface area contributed by atoms with Gasteiger partial charge in [-0.3, -0.25) is 4.79 Å². The highest BCUT2D eigenvalue weighted by atomic mass is 32.1. The van der Waals surface area contributed by atoms with Crippen molar-refractivity contribution in [2.75, 3.05) is 0 Å². The Labute approximate surface area is 121 Å². The Morgan fingerprint density at radius 2 is 1.95 bits per heavy atom. The molecule has 4 heteroatoms. The summed E-state index contributed by atoms with van der Waals surface area (Å²) in [5, 5.41) is 3.19. The molecule has 0 spiro atoms. The molecule has 2 aliphatic rings. The van der Waals surface area contributed by atoms with Gasteiger partial charge in [-0.1, -0.05) is 32.5 Å². The van der Waals surface area contributed by atoms with Crippen molar-refractivity contribution in [2.24, 2.45) is 23.5 Å². The summed E-state index contributed by atoms with van der Waals surface area (Å²) in [5.74, 6) is 1.59. The number of rotatable bonds is 5. The molecule has 2 fully saturated rings. The summed E-state index contributed by atoms with van der Waals surface area (Å²) in [6, 6.07) is 0. The number of hydrogen-bond donors (Lipinski definition) is 2. The Bertz CT molecular complexity index is 357. The Morgan fingerprint density at radius 1 is 1.37 bits per heavy atom. The average Bonchev–Trinajstić information content (AvgIpc) is 3.22. The van der Waals surface area contributed by atoms with Gasteiger partial charge in [0.2, 0.25) is 5.91 Å². The number of carbonyl (C=O) groups is 1. The van der Waals surface area contributed by atoms with Crippen molar-refractivity contribution in [1.82, 2.24) is 5.32 Å². The molecule has 0 aromatic heterocycles. The minimum absolute atomic E-state index is 0.107. The normalized spacial score (nSPS) is 32.6. The molecule has 3 nitrogen and oxygen atoms in total. The van der Waals surface area contributed by atoms with Crippen LogP contribution < -0.4 is 11.1 Å². The largest absolute Gasteiger partial charge is 0.391 e. The number of amides is 1. The van der Waals surface area contributed by atoms with Gasteiger partial charge in [0, 0.05) is 5.92 Å². The Kier molecular flexibility index (Phi) is 4.49. The number of nitrogens with two attached hydrogens (primary N) is 1. The number of hydrogen-bond acceptors (Lipinski definition) is 2. The van der Waals surface area contributed by atoms with E-state index in [0.717, 1.165) is 31.6 Å². The molecule has 1 atom stereocenters. The van der Waals surface area contributed by atoms with Gasteiger partial charge < -0.3 is 11.1 Å². The SMILES string of the molecule is CCC1CCC(NC(=O)C(C)C2CC2)(C(N)=S)CC1. The summed E-state index contributed by atoms with van der Waals surface area (Å²) in [4.78, 5) is 12.8. The molecule has 3 N–H and O–H groups in total. The third kappa shape index (κ3) is 3.28. The quantitative estimate of drug-likeness (QED) is 0.762. The summed E-state index contributed by atoms with van der Waals surface area (Å²) in [6.45, 7) is 4.25. The average molecular weight is 282 g/mol. The van der Waals surface area contributed by atoms with Gasteiger partial charge in [0.25, 0.3) is 0 Å². The molecule has 1 unspecified atom stereocenters. The van der Waals surface area contributed by atoms with Crippen LogP contribution in [0.15, 0.2) is 0 Å². The molecule has 0 radical (unpaired) electrons. The van der Waals surface area contributed by atoms with E-state index in [1.807, 2.05) is 6.92 Å². The first-order valence-corrected chi connectivity index (χ1v) is 8.01. The zero-order valence-corrected chi connectivity index (χ0v) is 12.9. The molecule has 2 rings (SSSR count). The lowest BCUT2D eigenvalue weighted by Gasteiger charge is -2.40. The van der Waals surface area contributed by atoms with Gasteiger partial charge in [-0.2, -0.15) is 0 Å². The summed E-state index contributed by atoms with van der Waals surface area (Å²) < 4.78 is 0. The lowest BCUT2D eigenvalue weighted by atomic mass is 9.75. The van der Waals surface area contributed by atoms with E-state index in [9.17, 15) is 4.79 Å². The van der Waals surface area contributed by atoms with E-state index in [-0.39, 0.29) is 11.8 Å². The van der Waals surface area contributed by atoms with Crippen molar-refractivity contribution in [3.63, 3.8) is 0 Å². The summed E-state index contributed by atoms with van der Waals surface area (Å²) in [5.41, 5.74) is 5.53. The Balaban J connectivity index is 1.99. The maximum atomic E-state index is 12.3. The monoisotopic (exact) mass is 282 g/mol. The highest BCUT2D eigenvalue weighted by molar-refractivity contribution is 7.80. The van der Waals surface area contributed by atoms with Gasteiger partial charge in [0.05, 0.1) is 10.5 Å². The zero-order valence-electron chi connectivity index (χ0n) is 12.1. The molecule has 108 valence electrons. The van der Waals surface area contributed by atoms with Crippen LogP contribution in [0.1, 0.15) is 58.8 Å². The molecule has 0 bridgehead atoms. The summed E-state index contributed by atoms with van der Waals surface area (Å²) in [6.07, 6.45) is 7.63. The van der Waals surface area contributed by atoms with Crippen LogP contribution in [0.5, 0.6) is 0 Å². The summed E-state index contributed by atoms with van der Waals surface area (Å²) >= 11 is 5.25. The van der Waals surface area contributed by atoms with Crippen LogP contribution in [-0.2, 0) is 4.79 Å². The second-order valence-corrected chi connectivity index (χ2v) is 6.85. The number of thiocarbonyl (C=S) groups is 1. The minimum Gasteiger partial charge on any atom is -0.391 e. The Hall–Kier alpha value is -0.640. The zero-order chi connectivity index (χ0) is 14.0. The van der Waals surface area contributed by atoms with Gasteiger partial charge >= 0.3 is 0 Å². The van der Waals surface area contributed by atoms with Crippen LogP contribution in [0.2, 0.25) is 0 Å². The molecule has 0 aromatic carbocycles. The van der Waals surface area contributed by atoms with Crippen molar-refractivity contribution in [3.05, 3.63) is 0 Å². The van der Waals surface area contributed by atoms with Gasteiger partial charge in [0.1, 0.15) is 0 Å². The molecule has 1 amide bonds. The third-order valence-electron chi connectivity index (χ3n) is 5.11. The highest BCUT2D eigenvalue weighted by Crippen LogP contribution is 2.38. The van der Waals surface area contributed by atoms with Crippen molar-refractivity contribution in [3.8, 4) is 0 Å². The fourth-order valence-corrected chi connectivity index (χ4v) is 3.43. The molecule has 0 heterocycles. The molecule has 19 heavy (non-hydrogen) atoms. The maximum absolute atomic E-state index is 12.3. The molecular formula is C15H26N2OS. The van der Waals surface area contributed by atoms with Crippen LogP contribution in [0.25, 0.3) is 0 Å². The van der Waals surface area contributed by atoms with E-state index in [1.165, 1.54) is 19.3 Å². The van der Waals surface area contributed by atoms with E-state index in [4.69, 9.17) is 18.0 Å². The molecule has 0 saturated heterocycles. The number of carbonyl (C=O) groups excluding carboxylic acids is 1. The molecule has 2 aliphatic carbocycles. The molecule has 0 aliphatic heterocycles. The second-order valence-electron chi connectivity index (χ2n) is 6.41. The van der Waals surface area contributed by atoms with Gasteiger partial charge in [-0.15, -0.1) is 0 Å². The minimum atomic E-state index is -0.415. The molecular weight excluding hydrogens is 256 g/mol. The van der Waals surface area contributed by atoms with Crippen LogP contribution in [0.3, 0.4) is 0 Å². The maximum Gasteiger partial charge on any atom is 0.223 e. The van der Waals surface area contributed by atoms with Crippen molar-refractivity contribution < 1.29 is 4.79 Å². The third-order valence-corrected chi connectivity index (χ3v) is 5.50. The Morgan fingerprint density at radius 3 is 2.37 bits per heavy atom. The van der Waals surface area contributed by atoms with E-state index in [2.05, 4.69) is 12.2 Å². The van der Waals surface area contributed by atoms with Gasteiger partial charge in [0.15, 0.2) is 0 Å². The van der Waals surface area contributed by atoms with E-state index < -0.39 is 5.54 Å². The van der Waals surface area contributed by atoms with Gasteiger partial charge in [-0.05, 0) is 50.4 Å². The lowest BCUT2D eigenvalue weighted by Crippen LogP contribution is -2.59. The van der Waals surface area contributed by atoms with Crippen LogP contribution in [0, 0.1) is 17.8 Å². The number of nitrogens with one attached hydrogen (secondary N) is 1. The standard InChI is InChI=1S/C15H26N2OS/c1-3-11-6-8-15(9-7-11,14(16)19)17-13(18)10(2)12-4-5-12/h10-12H,3-9H2,1-2H3,(H2,16,19)(H,17,18). The van der Waals surface area contributed by atoms with Gasteiger partial charge in [-0.25, -0.2) is 0 Å². The predicted molar refractivity (Wildman–Crippen MR) is 81.8 cm³/mol. The van der Waals surface area contributed by atoms with E-state index >= 15 is 0 Å².